The van der Waals surface area contributed by atoms with Gasteiger partial charge in [0.15, 0.2) is 5.78 Å². The van der Waals surface area contributed by atoms with E-state index in [9.17, 15) is 9.59 Å². The van der Waals surface area contributed by atoms with Gasteiger partial charge in [0.2, 0.25) is 0 Å². The van der Waals surface area contributed by atoms with Gasteiger partial charge in [0, 0.05) is 43.8 Å². The number of benzene rings is 2. The number of carbonyl (C=O) groups excluding carboxylic acids is 2. The van der Waals surface area contributed by atoms with E-state index in [1.807, 2.05) is 55.8 Å². The van der Waals surface area contributed by atoms with E-state index in [4.69, 9.17) is 4.74 Å². The number of hydrogen-bond acceptors (Lipinski definition) is 4. The molecule has 1 atom stereocenters. The van der Waals surface area contributed by atoms with E-state index < -0.39 is 0 Å². The Balaban J connectivity index is 1.60. The third kappa shape index (κ3) is 3.99. The molecule has 0 fully saturated rings. The molecule has 3 aromatic rings. The summed E-state index contributed by atoms with van der Waals surface area (Å²) in [6.07, 6.45) is 5.73. The number of ketones is 1. The van der Waals surface area contributed by atoms with Crippen LogP contribution in [0.3, 0.4) is 0 Å². The molecule has 0 unspecified atom stereocenters. The molecule has 1 amide bonds. The number of rotatable bonds is 7. The zero-order valence-electron chi connectivity index (χ0n) is 17.2. The maximum atomic E-state index is 13.0. The molecule has 4 rings (SSSR count). The van der Waals surface area contributed by atoms with Gasteiger partial charge >= 0.3 is 0 Å². The van der Waals surface area contributed by atoms with Gasteiger partial charge in [-0.1, -0.05) is 30.3 Å². The maximum absolute atomic E-state index is 13.0. The first-order valence-corrected chi connectivity index (χ1v) is 10.2. The zero-order valence-corrected chi connectivity index (χ0v) is 17.2. The lowest BCUT2D eigenvalue weighted by molar-refractivity contribution is 0.0960. The summed E-state index contributed by atoms with van der Waals surface area (Å²) in [5, 5.41) is 6.82. The summed E-state index contributed by atoms with van der Waals surface area (Å²) >= 11 is 0. The summed E-state index contributed by atoms with van der Waals surface area (Å²) in [5.74, 6) is 0.374. The Labute approximate surface area is 175 Å². The lowest BCUT2D eigenvalue weighted by atomic mass is 9.89. The molecule has 30 heavy (non-hydrogen) atoms. The van der Waals surface area contributed by atoms with Crippen molar-refractivity contribution in [3.05, 3.63) is 82.7 Å². The number of hydrogen-bond donors (Lipinski definition) is 1. The molecule has 1 aromatic heterocycles. The van der Waals surface area contributed by atoms with Crippen molar-refractivity contribution in [3.63, 3.8) is 0 Å². The molecule has 0 aliphatic carbocycles. The van der Waals surface area contributed by atoms with Crippen LogP contribution in [-0.2, 0) is 13.5 Å². The van der Waals surface area contributed by atoms with Crippen molar-refractivity contribution in [3.8, 4) is 5.75 Å². The molecule has 0 saturated heterocycles. The first-order valence-electron chi connectivity index (χ1n) is 10.2. The molecule has 0 radical (unpaired) electrons. The van der Waals surface area contributed by atoms with Crippen LogP contribution in [0.5, 0.6) is 5.75 Å². The smallest absolute Gasteiger partial charge is 0.254 e. The van der Waals surface area contributed by atoms with Crippen molar-refractivity contribution in [2.75, 3.05) is 13.7 Å². The second-order valence-corrected chi connectivity index (χ2v) is 7.59. The first-order chi connectivity index (χ1) is 14.6. The number of aryl methyl sites for hydroxylation is 2. The van der Waals surface area contributed by atoms with Gasteiger partial charge in [-0.15, -0.1) is 0 Å². The Morgan fingerprint density at radius 3 is 2.73 bits per heavy atom. The molecule has 0 saturated carbocycles. The summed E-state index contributed by atoms with van der Waals surface area (Å²) in [5.41, 5.74) is 4.11. The molecular formula is C24H25N3O3. The number of nitrogens with zero attached hydrogens (tertiary/aromatic N) is 2. The Morgan fingerprint density at radius 2 is 2.03 bits per heavy atom. The highest BCUT2D eigenvalue weighted by molar-refractivity contribution is 6.03. The molecule has 1 N–H and O–H groups in total. The van der Waals surface area contributed by atoms with Crippen LogP contribution in [0.25, 0.3) is 0 Å². The average molecular weight is 403 g/mol. The topological polar surface area (TPSA) is 73.2 Å². The minimum absolute atomic E-state index is 0.00718. The molecule has 1 aliphatic heterocycles. The van der Waals surface area contributed by atoms with Gasteiger partial charge in [-0.05, 0) is 36.1 Å². The summed E-state index contributed by atoms with van der Waals surface area (Å²) in [6, 6.07) is 13.6. The minimum Gasteiger partial charge on any atom is -0.491 e. The zero-order chi connectivity index (χ0) is 21.1. The van der Waals surface area contributed by atoms with Crippen molar-refractivity contribution in [1.29, 1.82) is 0 Å². The lowest BCUT2D eigenvalue weighted by Crippen LogP contribution is -2.19. The molecule has 1 aliphatic rings. The normalized spacial score (nSPS) is 14.8. The summed E-state index contributed by atoms with van der Waals surface area (Å²) in [6.45, 7) is 0.460. The second kappa shape index (κ2) is 8.53. The van der Waals surface area contributed by atoms with Crippen LogP contribution in [0.1, 0.15) is 56.2 Å². The van der Waals surface area contributed by atoms with Crippen LogP contribution in [0.2, 0.25) is 0 Å². The van der Waals surface area contributed by atoms with Crippen LogP contribution in [0, 0.1) is 0 Å². The predicted octanol–water partition coefficient (Wildman–Crippen LogP) is 3.51. The van der Waals surface area contributed by atoms with E-state index in [0.29, 0.717) is 29.9 Å². The Hall–Kier alpha value is -3.41. The van der Waals surface area contributed by atoms with Crippen molar-refractivity contribution >= 4 is 11.7 Å². The second-order valence-electron chi connectivity index (χ2n) is 7.59. The van der Waals surface area contributed by atoms with Crippen molar-refractivity contribution in [1.82, 2.24) is 15.1 Å². The van der Waals surface area contributed by atoms with E-state index in [1.54, 1.807) is 17.8 Å². The molecule has 2 aromatic carbocycles. The third-order valence-corrected chi connectivity index (χ3v) is 5.51. The van der Waals surface area contributed by atoms with Crippen LogP contribution in [0.4, 0.5) is 0 Å². The summed E-state index contributed by atoms with van der Waals surface area (Å²) in [7, 11) is 3.46. The quantitative estimate of drug-likeness (QED) is 0.613. The highest BCUT2D eigenvalue weighted by atomic mass is 16.5. The van der Waals surface area contributed by atoms with Gasteiger partial charge in [0.1, 0.15) is 5.75 Å². The molecule has 2 heterocycles. The van der Waals surface area contributed by atoms with Crippen molar-refractivity contribution in [2.45, 2.75) is 25.2 Å². The van der Waals surface area contributed by atoms with Gasteiger partial charge < -0.3 is 10.1 Å². The molecule has 0 spiro atoms. The largest absolute Gasteiger partial charge is 0.491 e. The van der Waals surface area contributed by atoms with Crippen LogP contribution in [0.15, 0.2) is 54.9 Å². The monoisotopic (exact) mass is 403 g/mol. The summed E-state index contributed by atoms with van der Waals surface area (Å²) in [4.78, 5) is 25.4. The number of Topliss-reactive ketones (excluding diaryl/α,β-unsaturated/α-hetero) is 1. The van der Waals surface area contributed by atoms with E-state index in [1.165, 1.54) is 0 Å². The number of aromatic nitrogens is 2. The van der Waals surface area contributed by atoms with Crippen LogP contribution in [-0.4, -0.2) is 35.1 Å². The highest BCUT2D eigenvalue weighted by Gasteiger charge is 2.31. The van der Waals surface area contributed by atoms with Gasteiger partial charge in [-0.3, -0.25) is 14.3 Å². The van der Waals surface area contributed by atoms with Crippen molar-refractivity contribution < 1.29 is 14.3 Å². The number of amides is 1. The van der Waals surface area contributed by atoms with E-state index in [-0.39, 0.29) is 17.6 Å². The van der Waals surface area contributed by atoms with Gasteiger partial charge in [0.05, 0.1) is 18.4 Å². The van der Waals surface area contributed by atoms with Gasteiger partial charge in [0.25, 0.3) is 5.91 Å². The first kappa shape index (κ1) is 19.9. The Kier molecular flexibility index (Phi) is 5.65. The SMILES string of the molecule is CNC(=O)c1cc(C(=O)CCCc2cnn(C)c2)cc2c1OC[C@H]2c1ccccc1. The van der Waals surface area contributed by atoms with Crippen molar-refractivity contribution in [2.24, 2.45) is 7.05 Å². The Morgan fingerprint density at radius 1 is 1.23 bits per heavy atom. The fourth-order valence-corrected chi connectivity index (χ4v) is 3.95. The number of carbonyl (C=O) groups is 2. The Bertz CT molecular complexity index is 1070. The molecule has 154 valence electrons. The number of fused-ring (bicyclic) bond motifs is 1. The van der Waals surface area contributed by atoms with E-state index in [0.717, 1.165) is 29.5 Å². The number of ether oxygens (including phenoxy) is 1. The van der Waals surface area contributed by atoms with Gasteiger partial charge in [-0.25, -0.2) is 0 Å². The molecule has 6 heteroatoms. The average Bonchev–Trinajstić information content (AvgIpc) is 3.39. The highest BCUT2D eigenvalue weighted by Crippen LogP contribution is 2.41. The van der Waals surface area contributed by atoms with E-state index >= 15 is 0 Å². The fraction of sp³-hybridized carbons (Fsp3) is 0.292. The molecular weight excluding hydrogens is 378 g/mol. The van der Waals surface area contributed by atoms with E-state index in [2.05, 4.69) is 10.4 Å². The summed E-state index contributed by atoms with van der Waals surface area (Å²) < 4.78 is 7.68. The number of nitrogens with one attached hydrogen (secondary N) is 1. The van der Waals surface area contributed by atoms with Gasteiger partial charge in [-0.2, -0.15) is 5.10 Å². The van der Waals surface area contributed by atoms with Crippen LogP contribution >= 0.6 is 0 Å². The fourth-order valence-electron chi connectivity index (χ4n) is 3.95. The lowest BCUT2D eigenvalue weighted by Gasteiger charge is -2.12. The maximum Gasteiger partial charge on any atom is 0.254 e. The standard InChI is InChI=1S/C24H25N3O3/c1-25-24(29)20-12-18(22(28)10-6-7-16-13-26-27(2)14-16)11-19-21(15-30-23(19)20)17-8-4-3-5-9-17/h3-5,8-9,11-14,21H,6-7,10,15H2,1-2H3,(H,25,29)/t21-/m0/s1. The predicted molar refractivity (Wildman–Crippen MR) is 114 cm³/mol. The third-order valence-electron chi connectivity index (χ3n) is 5.51. The molecule has 0 bridgehead atoms. The molecule has 6 nitrogen and oxygen atoms in total. The van der Waals surface area contributed by atoms with Crippen LogP contribution < -0.4 is 10.1 Å². The minimum atomic E-state index is -0.245.